The first-order valence-corrected chi connectivity index (χ1v) is 14.9. The van der Waals surface area contributed by atoms with E-state index in [0.29, 0.717) is 56.1 Å². The number of carbonyl (C=O) groups is 4. The summed E-state index contributed by atoms with van der Waals surface area (Å²) in [5, 5.41) is 11.5. The van der Waals surface area contributed by atoms with Crippen LogP contribution in [0.5, 0.6) is 11.5 Å². The Morgan fingerprint density at radius 2 is 1.75 bits per heavy atom. The average Bonchev–Trinajstić information content (AvgIpc) is 3.52. The second-order valence-electron chi connectivity index (χ2n) is 11.2. The highest BCUT2D eigenvalue weighted by Crippen LogP contribution is 2.30. The molecular formula is C32H37N5O7. The third-order valence-electron chi connectivity index (χ3n) is 7.53. The van der Waals surface area contributed by atoms with Crippen LogP contribution in [0.1, 0.15) is 71.5 Å². The number of fused-ring (bicyclic) bond motifs is 3. The van der Waals surface area contributed by atoms with Crippen molar-refractivity contribution in [1.82, 2.24) is 26.3 Å². The van der Waals surface area contributed by atoms with Crippen LogP contribution in [0.15, 0.2) is 59.2 Å². The minimum absolute atomic E-state index is 0.109. The van der Waals surface area contributed by atoms with Crippen LogP contribution in [0.2, 0.25) is 0 Å². The molecule has 0 radical (unpaired) electrons. The standard InChI is InChI=1S/C32H37N5O7/c1-19(2)27-31(41)35-23(16-20-8-4-3-5-9-20)32-36-24(18-44-32)29(39)33-13-7-6-10-22(30(40)37-27)34-28(38)21-11-12-25-26(17-21)43-15-14-42-25/h3-5,8-9,11-12,17-19,22-23,27H,6-7,10,13-16H2,1-2H3,(H,33,39)(H,34,38)(H,35,41)(H,37,40)/t22-,23+,27-/m0/s1. The number of hydrogen-bond donors (Lipinski definition) is 4. The molecule has 12 nitrogen and oxygen atoms in total. The summed E-state index contributed by atoms with van der Waals surface area (Å²) in [4.78, 5) is 57.7. The number of oxazole rings is 1. The maximum Gasteiger partial charge on any atom is 0.273 e. The molecule has 2 bridgehead atoms. The fourth-order valence-electron chi connectivity index (χ4n) is 5.11. The molecule has 0 fully saturated rings. The van der Waals surface area contributed by atoms with Gasteiger partial charge in [0.05, 0.1) is 0 Å². The van der Waals surface area contributed by atoms with Crippen molar-refractivity contribution in [3.8, 4) is 11.5 Å². The molecule has 2 aromatic carbocycles. The molecular weight excluding hydrogens is 566 g/mol. The van der Waals surface area contributed by atoms with Gasteiger partial charge in [-0.3, -0.25) is 19.2 Å². The molecule has 4 amide bonds. The minimum Gasteiger partial charge on any atom is -0.486 e. The molecule has 0 saturated carbocycles. The number of benzene rings is 2. The summed E-state index contributed by atoms with van der Waals surface area (Å²) >= 11 is 0. The number of nitrogens with one attached hydrogen (secondary N) is 4. The van der Waals surface area contributed by atoms with Gasteiger partial charge < -0.3 is 35.2 Å². The van der Waals surface area contributed by atoms with Gasteiger partial charge in [-0.1, -0.05) is 44.2 Å². The van der Waals surface area contributed by atoms with Crippen LogP contribution in [-0.4, -0.2) is 60.5 Å². The lowest BCUT2D eigenvalue weighted by atomic mass is 10.00. The van der Waals surface area contributed by atoms with Crippen molar-refractivity contribution in [3.63, 3.8) is 0 Å². The fourth-order valence-corrected chi connectivity index (χ4v) is 5.11. The topological polar surface area (TPSA) is 161 Å². The van der Waals surface area contributed by atoms with E-state index in [4.69, 9.17) is 13.9 Å². The lowest BCUT2D eigenvalue weighted by Crippen LogP contribution is -2.56. The van der Waals surface area contributed by atoms with Crippen LogP contribution in [0.25, 0.3) is 0 Å². The number of carbonyl (C=O) groups excluding carboxylic acids is 4. The third-order valence-corrected chi connectivity index (χ3v) is 7.53. The van der Waals surface area contributed by atoms with E-state index in [0.717, 1.165) is 5.56 Å². The van der Waals surface area contributed by atoms with Crippen molar-refractivity contribution in [1.29, 1.82) is 0 Å². The van der Waals surface area contributed by atoms with E-state index in [1.165, 1.54) is 6.26 Å². The van der Waals surface area contributed by atoms with Crippen molar-refractivity contribution in [2.75, 3.05) is 19.8 Å². The smallest absolute Gasteiger partial charge is 0.273 e. The Labute approximate surface area is 255 Å². The Balaban J connectivity index is 1.38. The maximum absolute atomic E-state index is 13.7. The van der Waals surface area contributed by atoms with E-state index in [-0.39, 0.29) is 23.9 Å². The van der Waals surface area contributed by atoms with Gasteiger partial charge in [0.1, 0.15) is 37.6 Å². The summed E-state index contributed by atoms with van der Waals surface area (Å²) in [7, 11) is 0. The average molecular weight is 604 g/mol. The van der Waals surface area contributed by atoms with Crippen molar-refractivity contribution < 1.29 is 33.1 Å². The molecule has 0 saturated heterocycles. The Morgan fingerprint density at radius 1 is 0.977 bits per heavy atom. The van der Waals surface area contributed by atoms with Crippen molar-refractivity contribution >= 4 is 23.6 Å². The predicted octanol–water partition coefficient (Wildman–Crippen LogP) is 2.70. The van der Waals surface area contributed by atoms with Crippen molar-refractivity contribution in [3.05, 3.63) is 77.5 Å². The maximum atomic E-state index is 13.7. The van der Waals surface area contributed by atoms with Gasteiger partial charge in [0.2, 0.25) is 17.7 Å². The number of nitrogens with zero attached hydrogens (tertiary/aromatic N) is 1. The monoisotopic (exact) mass is 603 g/mol. The molecule has 12 heteroatoms. The number of rotatable bonds is 5. The summed E-state index contributed by atoms with van der Waals surface area (Å²) in [6, 6.07) is 11.8. The Morgan fingerprint density at radius 3 is 2.52 bits per heavy atom. The molecule has 0 spiro atoms. The first-order chi connectivity index (χ1) is 21.3. The molecule has 44 heavy (non-hydrogen) atoms. The van der Waals surface area contributed by atoms with Gasteiger partial charge in [0, 0.05) is 18.5 Å². The van der Waals surface area contributed by atoms with Gasteiger partial charge in [-0.2, -0.15) is 0 Å². The molecule has 4 N–H and O–H groups in total. The van der Waals surface area contributed by atoms with E-state index in [2.05, 4.69) is 26.3 Å². The predicted molar refractivity (Wildman–Crippen MR) is 159 cm³/mol. The quantitative estimate of drug-likeness (QED) is 0.346. The van der Waals surface area contributed by atoms with Crippen molar-refractivity contribution in [2.45, 2.75) is 57.7 Å². The highest BCUT2D eigenvalue weighted by atomic mass is 16.6. The molecule has 3 atom stereocenters. The highest BCUT2D eigenvalue weighted by Gasteiger charge is 2.32. The first kappa shape index (κ1) is 30.6. The van der Waals surface area contributed by atoms with E-state index in [1.54, 1.807) is 18.2 Å². The Bertz CT molecular complexity index is 1490. The highest BCUT2D eigenvalue weighted by molar-refractivity contribution is 5.99. The molecule has 0 unspecified atom stereocenters. The molecule has 3 heterocycles. The van der Waals surface area contributed by atoms with Crippen LogP contribution in [0, 0.1) is 5.92 Å². The number of aromatic nitrogens is 1. The van der Waals surface area contributed by atoms with E-state index in [9.17, 15) is 19.2 Å². The lowest BCUT2D eigenvalue weighted by Gasteiger charge is -2.27. The summed E-state index contributed by atoms with van der Waals surface area (Å²) in [5.41, 5.74) is 1.34. The van der Waals surface area contributed by atoms with E-state index < -0.39 is 41.8 Å². The normalized spacial score (nSPS) is 21.2. The van der Waals surface area contributed by atoms with Crippen LogP contribution < -0.4 is 30.7 Å². The van der Waals surface area contributed by atoms with Gasteiger partial charge in [0.15, 0.2) is 17.2 Å². The van der Waals surface area contributed by atoms with Gasteiger partial charge in [-0.15, -0.1) is 0 Å². The first-order valence-electron chi connectivity index (χ1n) is 14.9. The van der Waals surface area contributed by atoms with Gasteiger partial charge in [0.25, 0.3) is 11.8 Å². The molecule has 2 aliphatic heterocycles. The van der Waals surface area contributed by atoms with Crippen LogP contribution in [-0.2, 0) is 16.0 Å². The summed E-state index contributed by atoms with van der Waals surface area (Å²) in [6.45, 7) is 4.79. The molecule has 232 valence electrons. The molecule has 3 aromatic rings. The SMILES string of the molecule is CC(C)[C@@H]1NC(=O)[C@@H](NC(=O)c2ccc3c(c2)OCCO3)CCCCNC(=O)c2coc(n2)[C@@H](Cc2ccccc2)NC1=O. The summed E-state index contributed by atoms with van der Waals surface area (Å²) in [5.74, 6) is -0.889. The minimum atomic E-state index is -0.930. The fraction of sp³-hybridized carbons (Fsp3) is 0.406. The zero-order valence-electron chi connectivity index (χ0n) is 24.8. The summed E-state index contributed by atoms with van der Waals surface area (Å²) in [6.07, 6.45) is 2.97. The molecule has 0 aliphatic carbocycles. The Kier molecular flexibility index (Phi) is 9.78. The van der Waals surface area contributed by atoms with Gasteiger partial charge in [-0.05, 0) is 48.9 Å². The number of ether oxygens (including phenoxy) is 2. The van der Waals surface area contributed by atoms with Crippen molar-refractivity contribution in [2.24, 2.45) is 5.92 Å². The van der Waals surface area contributed by atoms with Crippen LogP contribution in [0.4, 0.5) is 0 Å². The largest absolute Gasteiger partial charge is 0.486 e. The molecule has 1 aromatic heterocycles. The summed E-state index contributed by atoms with van der Waals surface area (Å²) < 4.78 is 16.8. The Hall–Kier alpha value is -4.87. The lowest BCUT2D eigenvalue weighted by molar-refractivity contribution is -0.131. The van der Waals surface area contributed by atoms with Gasteiger partial charge >= 0.3 is 0 Å². The molecule has 5 rings (SSSR count). The van der Waals surface area contributed by atoms with Gasteiger partial charge in [-0.25, -0.2) is 4.98 Å². The second-order valence-corrected chi connectivity index (χ2v) is 11.2. The van der Waals surface area contributed by atoms with E-state index >= 15 is 0 Å². The zero-order chi connectivity index (χ0) is 31.1. The zero-order valence-corrected chi connectivity index (χ0v) is 24.8. The van der Waals surface area contributed by atoms with E-state index in [1.807, 2.05) is 44.2 Å². The van der Waals surface area contributed by atoms with Crippen LogP contribution >= 0.6 is 0 Å². The second kappa shape index (κ2) is 14.1. The number of hydrogen-bond acceptors (Lipinski definition) is 8. The third kappa shape index (κ3) is 7.55. The van der Waals surface area contributed by atoms with Crippen LogP contribution in [0.3, 0.4) is 0 Å². The number of amides is 4. The molecule has 2 aliphatic rings.